The molecule has 0 saturated heterocycles. The number of carbonyl (C=O) groups is 1. The molecule has 0 aliphatic carbocycles. The average molecular weight is 487 g/mol. The smallest absolute Gasteiger partial charge is 0.322 e. The van der Waals surface area contributed by atoms with Crippen LogP contribution in [0.2, 0.25) is 5.02 Å². The zero-order chi connectivity index (χ0) is 23.5. The number of amides is 1. The fourth-order valence-electron chi connectivity index (χ4n) is 2.68. The number of alkyl halides is 3. The van der Waals surface area contributed by atoms with Crippen LogP contribution < -0.4 is 10.0 Å². The Balaban J connectivity index is 1.78. The minimum absolute atomic E-state index is 0.0208. The Bertz CT molecular complexity index is 1250. The topological polar surface area (TPSA) is 75.3 Å². The third-order valence-electron chi connectivity index (χ3n) is 4.37. The van der Waals surface area contributed by atoms with E-state index in [2.05, 4.69) is 10.0 Å². The van der Waals surface area contributed by atoms with E-state index in [9.17, 15) is 30.8 Å². The van der Waals surface area contributed by atoms with Crippen molar-refractivity contribution in [2.24, 2.45) is 0 Å². The van der Waals surface area contributed by atoms with E-state index in [4.69, 9.17) is 11.6 Å². The summed E-state index contributed by atoms with van der Waals surface area (Å²) in [5.74, 6) is -2.02. The molecular formula is C21H15ClF4N2O3S. The third kappa shape index (κ3) is 5.64. The molecule has 0 radical (unpaired) electrons. The van der Waals surface area contributed by atoms with Gasteiger partial charge in [0.05, 0.1) is 16.0 Å². The SMILES string of the molecule is O=C(Nc1ccc(C(F)(F)F)cc1)c1cc(S(=O)(=O)NCc2ccccc2Cl)ccc1F. The lowest BCUT2D eigenvalue weighted by molar-refractivity contribution is -0.137. The van der Waals surface area contributed by atoms with E-state index in [1.165, 1.54) is 0 Å². The molecule has 0 aliphatic heterocycles. The molecule has 0 unspecified atom stereocenters. The van der Waals surface area contributed by atoms with Gasteiger partial charge in [-0.15, -0.1) is 0 Å². The van der Waals surface area contributed by atoms with E-state index < -0.39 is 39.1 Å². The molecule has 0 aromatic heterocycles. The molecule has 0 saturated carbocycles. The lowest BCUT2D eigenvalue weighted by Crippen LogP contribution is -2.24. The van der Waals surface area contributed by atoms with Crippen molar-refractivity contribution in [1.82, 2.24) is 4.72 Å². The van der Waals surface area contributed by atoms with Gasteiger partial charge in [0.1, 0.15) is 5.82 Å². The number of anilines is 1. The van der Waals surface area contributed by atoms with Crippen LogP contribution in [0.25, 0.3) is 0 Å². The molecule has 11 heteroatoms. The molecule has 3 rings (SSSR count). The number of carbonyl (C=O) groups excluding carboxylic acids is 1. The highest BCUT2D eigenvalue weighted by Crippen LogP contribution is 2.30. The highest BCUT2D eigenvalue weighted by atomic mass is 35.5. The molecule has 1 amide bonds. The molecule has 0 heterocycles. The lowest BCUT2D eigenvalue weighted by atomic mass is 10.1. The van der Waals surface area contributed by atoms with Crippen molar-refractivity contribution >= 4 is 33.2 Å². The fourth-order valence-corrected chi connectivity index (χ4v) is 3.92. The molecular weight excluding hydrogens is 472 g/mol. The Kier molecular flexibility index (Phi) is 6.87. The summed E-state index contributed by atoms with van der Waals surface area (Å²) in [6.45, 7) is -0.132. The standard InChI is InChI=1S/C21H15ClF4N2O3S/c22-18-4-2-1-3-13(18)12-27-32(30,31)16-9-10-19(23)17(11-16)20(29)28-15-7-5-14(6-8-15)21(24,25)26/h1-11,27H,12H2,(H,28,29). The number of hydrogen-bond donors (Lipinski definition) is 2. The Hall–Kier alpha value is -2.95. The first-order valence-electron chi connectivity index (χ1n) is 8.98. The van der Waals surface area contributed by atoms with Crippen molar-refractivity contribution < 1.29 is 30.8 Å². The van der Waals surface area contributed by atoms with E-state index in [0.29, 0.717) is 10.6 Å². The number of sulfonamides is 1. The highest BCUT2D eigenvalue weighted by Gasteiger charge is 2.30. The van der Waals surface area contributed by atoms with Gasteiger partial charge in [-0.3, -0.25) is 4.79 Å². The Morgan fingerprint density at radius 2 is 1.62 bits per heavy atom. The number of rotatable bonds is 6. The maximum Gasteiger partial charge on any atom is 0.416 e. The molecule has 2 N–H and O–H groups in total. The Morgan fingerprint density at radius 3 is 2.25 bits per heavy atom. The van der Waals surface area contributed by atoms with Gasteiger partial charge < -0.3 is 5.32 Å². The maximum absolute atomic E-state index is 14.2. The Morgan fingerprint density at radius 1 is 0.969 bits per heavy atom. The second-order valence-electron chi connectivity index (χ2n) is 6.59. The van der Waals surface area contributed by atoms with Gasteiger partial charge in [0.25, 0.3) is 5.91 Å². The van der Waals surface area contributed by atoms with Gasteiger partial charge >= 0.3 is 6.18 Å². The lowest BCUT2D eigenvalue weighted by Gasteiger charge is -2.11. The predicted molar refractivity (Wildman–Crippen MR) is 111 cm³/mol. The van der Waals surface area contributed by atoms with Crippen LogP contribution in [0.5, 0.6) is 0 Å². The minimum Gasteiger partial charge on any atom is -0.322 e. The van der Waals surface area contributed by atoms with Gasteiger partial charge in [0.2, 0.25) is 10.0 Å². The Labute approximate surface area is 186 Å². The second-order valence-corrected chi connectivity index (χ2v) is 8.76. The van der Waals surface area contributed by atoms with Gasteiger partial charge in [-0.25, -0.2) is 17.5 Å². The summed E-state index contributed by atoms with van der Waals surface area (Å²) in [6.07, 6.45) is -4.55. The summed E-state index contributed by atoms with van der Waals surface area (Å²) in [5, 5.41) is 2.60. The van der Waals surface area contributed by atoms with Crippen molar-refractivity contribution in [3.05, 3.63) is 94.3 Å². The summed E-state index contributed by atoms with van der Waals surface area (Å²) in [5.41, 5.74) is -1.02. The van der Waals surface area contributed by atoms with Crippen LogP contribution in [-0.2, 0) is 22.7 Å². The van der Waals surface area contributed by atoms with Crippen LogP contribution in [0.3, 0.4) is 0 Å². The van der Waals surface area contributed by atoms with Crippen molar-refractivity contribution in [3.8, 4) is 0 Å². The van der Waals surface area contributed by atoms with E-state index in [0.717, 1.165) is 42.5 Å². The van der Waals surface area contributed by atoms with Crippen molar-refractivity contribution in [2.45, 2.75) is 17.6 Å². The quantitative estimate of drug-likeness (QED) is 0.469. The van der Waals surface area contributed by atoms with Crippen LogP contribution in [0, 0.1) is 5.82 Å². The van der Waals surface area contributed by atoms with Crippen LogP contribution in [0.1, 0.15) is 21.5 Å². The van der Waals surface area contributed by atoms with Crippen LogP contribution >= 0.6 is 11.6 Å². The second kappa shape index (κ2) is 9.27. The first-order valence-corrected chi connectivity index (χ1v) is 10.8. The third-order valence-corrected chi connectivity index (χ3v) is 6.14. The normalized spacial score (nSPS) is 11.9. The summed E-state index contributed by atoms with van der Waals surface area (Å²) in [6, 6.07) is 12.7. The molecule has 32 heavy (non-hydrogen) atoms. The number of hydrogen-bond acceptors (Lipinski definition) is 3. The highest BCUT2D eigenvalue weighted by molar-refractivity contribution is 7.89. The largest absolute Gasteiger partial charge is 0.416 e. The van der Waals surface area contributed by atoms with Gasteiger partial charge in [0, 0.05) is 17.3 Å². The van der Waals surface area contributed by atoms with E-state index in [1.807, 2.05) is 0 Å². The molecule has 0 atom stereocenters. The van der Waals surface area contributed by atoms with E-state index in [1.54, 1.807) is 24.3 Å². The van der Waals surface area contributed by atoms with Crippen LogP contribution in [-0.4, -0.2) is 14.3 Å². The summed E-state index contributed by atoms with van der Waals surface area (Å²) in [7, 11) is -4.12. The van der Waals surface area contributed by atoms with E-state index >= 15 is 0 Å². The molecule has 5 nitrogen and oxygen atoms in total. The molecule has 0 bridgehead atoms. The molecule has 0 spiro atoms. The molecule has 3 aromatic carbocycles. The van der Waals surface area contributed by atoms with Gasteiger partial charge in [0.15, 0.2) is 0 Å². The summed E-state index contributed by atoms with van der Waals surface area (Å²) >= 11 is 6.00. The first kappa shape index (κ1) is 23.7. The average Bonchev–Trinajstić information content (AvgIpc) is 2.73. The molecule has 3 aromatic rings. The molecule has 168 valence electrons. The fraction of sp³-hybridized carbons (Fsp3) is 0.0952. The summed E-state index contributed by atoms with van der Waals surface area (Å²) < 4.78 is 79.6. The van der Waals surface area contributed by atoms with Crippen molar-refractivity contribution in [1.29, 1.82) is 0 Å². The van der Waals surface area contributed by atoms with Crippen LogP contribution in [0.4, 0.5) is 23.2 Å². The van der Waals surface area contributed by atoms with Crippen LogP contribution in [0.15, 0.2) is 71.6 Å². The predicted octanol–water partition coefficient (Wildman–Crippen LogP) is 5.23. The van der Waals surface area contributed by atoms with Gasteiger partial charge in [-0.2, -0.15) is 13.2 Å². The zero-order valence-electron chi connectivity index (χ0n) is 16.1. The van der Waals surface area contributed by atoms with Crippen molar-refractivity contribution in [3.63, 3.8) is 0 Å². The number of nitrogens with one attached hydrogen (secondary N) is 2. The first-order chi connectivity index (χ1) is 15.0. The number of benzene rings is 3. The van der Waals surface area contributed by atoms with Crippen molar-refractivity contribution in [2.75, 3.05) is 5.32 Å². The van der Waals surface area contributed by atoms with Gasteiger partial charge in [-0.05, 0) is 54.1 Å². The van der Waals surface area contributed by atoms with E-state index in [-0.39, 0.29) is 17.1 Å². The van der Waals surface area contributed by atoms with Gasteiger partial charge in [-0.1, -0.05) is 29.8 Å². The monoisotopic (exact) mass is 486 g/mol. The maximum atomic E-state index is 14.2. The summed E-state index contributed by atoms with van der Waals surface area (Å²) in [4.78, 5) is 12.0. The number of halogens is 5. The minimum atomic E-state index is -4.55. The molecule has 0 fully saturated rings. The molecule has 0 aliphatic rings. The zero-order valence-corrected chi connectivity index (χ0v) is 17.7.